The van der Waals surface area contributed by atoms with Gasteiger partial charge in [0.25, 0.3) is 11.5 Å². The number of aromatic amines is 1. The zero-order valence-electron chi connectivity index (χ0n) is 16.0. The summed E-state index contributed by atoms with van der Waals surface area (Å²) in [7, 11) is 1.57. The van der Waals surface area contributed by atoms with E-state index in [4.69, 9.17) is 0 Å². The van der Waals surface area contributed by atoms with Crippen molar-refractivity contribution in [2.24, 2.45) is 0 Å². The van der Waals surface area contributed by atoms with Crippen molar-refractivity contribution in [2.75, 3.05) is 23.8 Å². The molecule has 4 rings (SSSR count). The van der Waals surface area contributed by atoms with E-state index in [1.807, 2.05) is 0 Å². The lowest BCUT2D eigenvalue weighted by atomic mass is 10.1. The lowest BCUT2D eigenvalue weighted by Crippen LogP contribution is -2.36. The van der Waals surface area contributed by atoms with Crippen LogP contribution in [0.3, 0.4) is 0 Å². The third-order valence-electron chi connectivity index (χ3n) is 4.98. The maximum atomic E-state index is 12.5. The van der Waals surface area contributed by atoms with Crippen LogP contribution in [0.4, 0.5) is 17.3 Å². The summed E-state index contributed by atoms with van der Waals surface area (Å²) >= 11 is 0. The number of carbonyl (C=O) groups excluding carboxylic acids is 2. The molecule has 0 bridgehead atoms. The zero-order chi connectivity index (χ0) is 20.4. The Labute approximate surface area is 167 Å². The van der Waals surface area contributed by atoms with Crippen molar-refractivity contribution < 1.29 is 9.59 Å². The highest BCUT2D eigenvalue weighted by molar-refractivity contribution is 5.99. The highest BCUT2D eigenvalue weighted by Gasteiger charge is 2.22. The van der Waals surface area contributed by atoms with Gasteiger partial charge in [-0.3, -0.25) is 19.3 Å². The van der Waals surface area contributed by atoms with Crippen molar-refractivity contribution in [3.05, 3.63) is 58.5 Å². The maximum Gasteiger partial charge on any atom is 0.259 e. The van der Waals surface area contributed by atoms with E-state index in [0.717, 1.165) is 12.8 Å². The molecule has 148 valence electrons. The second-order valence-electron chi connectivity index (χ2n) is 6.88. The average Bonchev–Trinajstić information content (AvgIpc) is 2.74. The summed E-state index contributed by atoms with van der Waals surface area (Å²) in [6, 6.07) is 10.4. The molecule has 0 spiro atoms. The van der Waals surface area contributed by atoms with Gasteiger partial charge in [-0.15, -0.1) is 0 Å². The second kappa shape index (κ2) is 7.75. The van der Waals surface area contributed by atoms with E-state index < -0.39 is 0 Å². The molecule has 8 nitrogen and oxygen atoms in total. The minimum absolute atomic E-state index is 0.0359. The summed E-state index contributed by atoms with van der Waals surface area (Å²) in [6.45, 7) is 0.612. The quantitative estimate of drug-likeness (QED) is 0.634. The molecular formula is C21H21N5O3. The van der Waals surface area contributed by atoms with Gasteiger partial charge in [-0.1, -0.05) is 0 Å². The van der Waals surface area contributed by atoms with Crippen molar-refractivity contribution in [1.82, 2.24) is 15.3 Å². The summed E-state index contributed by atoms with van der Waals surface area (Å²) in [6.07, 6.45) is 3.88. The lowest BCUT2D eigenvalue weighted by molar-refractivity contribution is -0.119. The molecule has 0 unspecified atom stereocenters. The fourth-order valence-corrected chi connectivity index (χ4v) is 3.46. The van der Waals surface area contributed by atoms with Crippen LogP contribution in [0.1, 0.15) is 29.6 Å². The molecule has 1 aromatic carbocycles. The van der Waals surface area contributed by atoms with Crippen LogP contribution in [0.15, 0.2) is 47.4 Å². The number of piperidine rings is 1. The van der Waals surface area contributed by atoms with Gasteiger partial charge in [0, 0.05) is 37.5 Å². The van der Waals surface area contributed by atoms with E-state index in [0.29, 0.717) is 46.6 Å². The van der Waals surface area contributed by atoms with Gasteiger partial charge < -0.3 is 15.6 Å². The molecule has 1 aliphatic rings. The number of hydrogen-bond acceptors (Lipinski definition) is 5. The molecule has 3 heterocycles. The van der Waals surface area contributed by atoms with Crippen molar-refractivity contribution in [3.63, 3.8) is 0 Å². The van der Waals surface area contributed by atoms with Gasteiger partial charge in [0.1, 0.15) is 11.6 Å². The van der Waals surface area contributed by atoms with Crippen LogP contribution in [-0.4, -0.2) is 35.4 Å². The molecular weight excluding hydrogens is 370 g/mol. The van der Waals surface area contributed by atoms with Crippen LogP contribution >= 0.6 is 0 Å². The smallest absolute Gasteiger partial charge is 0.259 e. The monoisotopic (exact) mass is 391 g/mol. The molecule has 29 heavy (non-hydrogen) atoms. The summed E-state index contributed by atoms with van der Waals surface area (Å²) < 4.78 is 0. The van der Waals surface area contributed by atoms with Crippen molar-refractivity contribution in [1.29, 1.82) is 0 Å². The number of amides is 2. The summed E-state index contributed by atoms with van der Waals surface area (Å²) in [5, 5.41) is 6.85. The van der Waals surface area contributed by atoms with E-state index in [-0.39, 0.29) is 17.4 Å². The van der Waals surface area contributed by atoms with Gasteiger partial charge in [0.2, 0.25) is 5.91 Å². The van der Waals surface area contributed by atoms with Crippen LogP contribution in [0.5, 0.6) is 0 Å². The molecule has 8 heteroatoms. The predicted octanol–water partition coefficient (Wildman–Crippen LogP) is 2.54. The van der Waals surface area contributed by atoms with Crippen molar-refractivity contribution in [2.45, 2.75) is 19.3 Å². The summed E-state index contributed by atoms with van der Waals surface area (Å²) in [4.78, 5) is 45.5. The number of hydrogen-bond donors (Lipinski definition) is 3. The average molecular weight is 391 g/mol. The van der Waals surface area contributed by atoms with Crippen molar-refractivity contribution in [3.8, 4) is 0 Å². The fourth-order valence-electron chi connectivity index (χ4n) is 3.46. The maximum absolute atomic E-state index is 12.5. The van der Waals surface area contributed by atoms with Crippen LogP contribution < -0.4 is 21.1 Å². The Hall–Kier alpha value is -3.68. The first kappa shape index (κ1) is 18.7. The Morgan fingerprint density at radius 3 is 2.66 bits per heavy atom. The molecule has 0 saturated carbocycles. The standard InChI is InChI=1S/C21H21N5O3/c1-22-20(28)13-5-7-15(8-6-13)24-19-18-14(9-10-23-21(18)29)12-16(25-19)26-11-3-2-4-17(26)27/h5-10,12H,2-4,11H2,1H3,(H,22,28)(H,23,29)(H,24,25). The summed E-state index contributed by atoms with van der Waals surface area (Å²) in [5.41, 5.74) is 0.939. The van der Waals surface area contributed by atoms with Crippen LogP contribution in [0, 0.1) is 0 Å². The molecule has 0 aliphatic carbocycles. The van der Waals surface area contributed by atoms with Crippen LogP contribution in [0.2, 0.25) is 0 Å². The van der Waals surface area contributed by atoms with E-state index in [9.17, 15) is 14.4 Å². The molecule has 2 aromatic heterocycles. The molecule has 1 saturated heterocycles. The molecule has 3 N–H and O–H groups in total. The van der Waals surface area contributed by atoms with Gasteiger partial charge in [0.15, 0.2) is 0 Å². The van der Waals surface area contributed by atoms with Crippen LogP contribution in [-0.2, 0) is 4.79 Å². The topological polar surface area (TPSA) is 107 Å². The number of nitrogens with one attached hydrogen (secondary N) is 3. The van der Waals surface area contributed by atoms with E-state index >= 15 is 0 Å². The van der Waals surface area contributed by atoms with Gasteiger partial charge in [-0.05, 0) is 54.6 Å². The molecule has 2 amide bonds. The Kier molecular flexibility index (Phi) is 4.99. The third kappa shape index (κ3) is 3.69. The normalized spacial score (nSPS) is 14.1. The Balaban J connectivity index is 1.76. The van der Waals surface area contributed by atoms with Gasteiger partial charge >= 0.3 is 0 Å². The Bertz CT molecular complexity index is 1140. The number of benzene rings is 1. The molecule has 1 fully saturated rings. The largest absolute Gasteiger partial charge is 0.355 e. The minimum atomic E-state index is -0.268. The van der Waals surface area contributed by atoms with Gasteiger partial charge in [0.05, 0.1) is 5.39 Å². The third-order valence-corrected chi connectivity index (χ3v) is 4.98. The number of pyridine rings is 2. The van der Waals surface area contributed by atoms with Crippen molar-refractivity contribution >= 4 is 39.9 Å². The first-order valence-corrected chi connectivity index (χ1v) is 9.49. The molecule has 3 aromatic rings. The van der Waals surface area contributed by atoms with E-state index in [1.165, 1.54) is 0 Å². The second-order valence-corrected chi connectivity index (χ2v) is 6.88. The predicted molar refractivity (Wildman–Crippen MR) is 112 cm³/mol. The van der Waals surface area contributed by atoms with Gasteiger partial charge in [-0.2, -0.15) is 0 Å². The Morgan fingerprint density at radius 1 is 1.14 bits per heavy atom. The zero-order valence-corrected chi connectivity index (χ0v) is 16.0. The first-order valence-electron chi connectivity index (χ1n) is 9.49. The fraction of sp³-hybridized carbons (Fsp3) is 0.238. The van der Waals surface area contributed by atoms with Gasteiger partial charge in [-0.25, -0.2) is 4.98 Å². The summed E-state index contributed by atoms with van der Waals surface area (Å²) in [5.74, 6) is 0.749. The lowest BCUT2D eigenvalue weighted by Gasteiger charge is -2.26. The Morgan fingerprint density at radius 2 is 1.93 bits per heavy atom. The number of rotatable bonds is 4. The highest BCUT2D eigenvalue weighted by atomic mass is 16.2. The molecule has 0 radical (unpaired) electrons. The van der Waals surface area contributed by atoms with Crippen LogP contribution in [0.25, 0.3) is 10.8 Å². The first-order chi connectivity index (χ1) is 14.1. The number of H-pyrrole nitrogens is 1. The van der Waals surface area contributed by atoms with E-state index in [1.54, 1.807) is 54.5 Å². The number of nitrogens with zero attached hydrogens (tertiary/aromatic N) is 2. The number of aromatic nitrogens is 2. The minimum Gasteiger partial charge on any atom is -0.355 e. The number of fused-ring (bicyclic) bond motifs is 1. The van der Waals surface area contributed by atoms with E-state index in [2.05, 4.69) is 20.6 Å². The number of carbonyl (C=O) groups is 2. The number of anilines is 3. The SMILES string of the molecule is CNC(=O)c1ccc(Nc2nc(N3CCCCC3=O)cc3cc[nH]c(=O)c23)cc1. The molecule has 1 aliphatic heterocycles. The highest BCUT2D eigenvalue weighted by Crippen LogP contribution is 2.28. The molecule has 0 atom stereocenters.